The quantitative estimate of drug-likeness (QED) is 0.789. The van der Waals surface area contributed by atoms with Crippen LogP contribution in [0.2, 0.25) is 5.02 Å². The summed E-state index contributed by atoms with van der Waals surface area (Å²) in [6.07, 6.45) is 3.98. The molecular weight excluding hydrogens is 312 g/mol. The van der Waals surface area contributed by atoms with Crippen molar-refractivity contribution in [3.05, 3.63) is 34.9 Å². The van der Waals surface area contributed by atoms with E-state index in [9.17, 15) is 4.79 Å². The molecule has 1 aliphatic heterocycles. The number of nitrogens with zero attached hydrogens (tertiary/aromatic N) is 1. The average Bonchev–Trinajstić information content (AvgIpc) is 2.54. The number of piperidine rings is 1. The molecular formula is C18H27ClN2O2. The summed E-state index contributed by atoms with van der Waals surface area (Å²) in [7, 11) is 0. The zero-order valence-corrected chi connectivity index (χ0v) is 14.9. The van der Waals surface area contributed by atoms with Gasteiger partial charge in [-0.3, -0.25) is 0 Å². The molecule has 2 rings (SSSR count). The molecule has 0 bridgehead atoms. The van der Waals surface area contributed by atoms with Gasteiger partial charge in [-0.25, -0.2) is 4.79 Å². The van der Waals surface area contributed by atoms with Crippen LogP contribution >= 0.6 is 11.6 Å². The fourth-order valence-corrected chi connectivity index (χ4v) is 2.78. The fraction of sp³-hybridized carbons (Fsp3) is 0.611. The van der Waals surface area contributed by atoms with Gasteiger partial charge in [-0.1, -0.05) is 23.7 Å². The maximum atomic E-state index is 12.2. The molecule has 1 fully saturated rings. The second-order valence-electron chi connectivity index (χ2n) is 6.73. The van der Waals surface area contributed by atoms with Gasteiger partial charge in [0, 0.05) is 24.7 Å². The molecule has 1 saturated heterocycles. The Morgan fingerprint density at radius 2 is 1.87 bits per heavy atom. The van der Waals surface area contributed by atoms with Gasteiger partial charge >= 0.3 is 6.09 Å². The molecule has 5 heteroatoms. The van der Waals surface area contributed by atoms with Crippen molar-refractivity contribution in [2.24, 2.45) is 0 Å². The van der Waals surface area contributed by atoms with E-state index in [0.717, 1.165) is 50.5 Å². The number of benzene rings is 1. The molecule has 1 aromatic carbocycles. The molecule has 0 aliphatic carbocycles. The van der Waals surface area contributed by atoms with Gasteiger partial charge in [-0.2, -0.15) is 0 Å². The summed E-state index contributed by atoms with van der Waals surface area (Å²) in [4.78, 5) is 14.0. The number of rotatable bonds is 6. The lowest BCUT2D eigenvalue weighted by molar-refractivity contribution is 0.00590. The van der Waals surface area contributed by atoms with Crippen molar-refractivity contribution in [2.45, 2.75) is 51.7 Å². The third kappa shape index (κ3) is 6.40. The minimum absolute atomic E-state index is 0.174. The average molecular weight is 339 g/mol. The molecule has 0 aromatic heterocycles. The Bertz CT molecular complexity index is 496. The zero-order valence-electron chi connectivity index (χ0n) is 14.1. The van der Waals surface area contributed by atoms with Crippen molar-refractivity contribution < 1.29 is 9.53 Å². The first kappa shape index (κ1) is 18.1. The van der Waals surface area contributed by atoms with Gasteiger partial charge in [0.05, 0.1) is 0 Å². The number of hydrogen-bond donors (Lipinski definition) is 1. The predicted octanol–water partition coefficient (Wildman–Crippen LogP) is 4.22. The third-order valence-corrected chi connectivity index (χ3v) is 4.38. The van der Waals surface area contributed by atoms with Crippen LogP contribution in [0.3, 0.4) is 0 Å². The van der Waals surface area contributed by atoms with Crippen molar-refractivity contribution in [3.8, 4) is 0 Å². The summed E-state index contributed by atoms with van der Waals surface area (Å²) in [6.45, 7) is 7.17. The third-order valence-electron chi connectivity index (χ3n) is 4.12. The summed E-state index contributed by atoms with van der Waals surface area (Å²) in [5.74, 6) is 0. The predicted molar refractivity (Wildman–Crippen MR) is 93.8 cm³/mol. The van der Waals surface area contributed by atoms with Crippen molar-refractivity contribution in [3.63, 3.8) is 0 Å². The maximum Gasteiger partial charge on any atom is 0.410 e. The van der Waals surface area contributed by atoms with Gasteiger partial charge < -0.3 is 15.0 Å². The molecule has 1 aliphatic rings. The van der Waals surface area contributed by atoms with E-state index in [1.807, 2.05) is 43.0 Å². The topological polar surface area (TPSA) is 41.6 Å². The minimum Gasteiger partial charge on any atom is -0.443 e. The molecule has 0 spiro atoms. The first-order valence-corrected chi connectivity index (χ1v) is 8.77. The van der Waals surface area contributed by atoms with E-state index >= 15 is 0 Å². The zero-order chi connectivity index (χ0) is 16.7. The summed E-state index contributed by atoms with van der Waals surface area (Å²) in [6, 6.07) is 7.81. The van der Waals surface area contributed by atoms with Crippen LogP contribution in [0.4, 0.5) is 4.79 Å². The maximum absolute atomic E-state index is 12.2. The molecule has 1 heterocycles. The number of carbonyl (C=O) groups excluding carboxylic acids is 1. The Morgan fingerprint density at radius 3 is 2.52 bits per heavy atom. The second kappa shape index (κ2) is 8.55. The van der Waals surface area contributed by atoms with Gasteiger partial charge in [0.15, 0.2) is 0 Å². The number of halogens is 1. The van der Waals surface area contributed by atoms with E-state index in [0.29, 0.717) is 0 Å². The van der Waals surface area contributed by atoms with Crippen LogP contribution < -0.4 is 5.32 Å². The minimum atomic E-state index is -0.457. The van der Waals surface area contributed by atoms with Crippen LogP contribution in [0.5, 0.6) is 0 Å². The molecule has 0 atom stereocenters. The normalized spacial score (nSPS) is 15.5. The van der Waals surface area contributed by atoms with Gasteiger partial charge in [-0.15, -0.1) is 0 Å². The Labute approximate surface area is 144 Å². The largest absolute Gasteiger partial charge is 0.443 e. The molecule has 1 aromatic rings. The van der Waals surface area contributed by atoms with Crippen molar-refractivity contribution in [1.29, 1.82) is 0 Å². The van der Waals surface area contributed by atoms with E-state index in [-0.39, 0.29) is 6.09 Å². The van der Waals surface area contributed by atoms with Gasteiger partial charge in [0.25, 0.3) is 0 Å². The van der Waals surface area contributed by atoms with Crippen molar-refractivity contribution >= 4 is 17.7 Å². The van der Waals surface area contributed by atoms with Crippen LogP contribution in [0.15, 0.2) is 24.3 Å². The van der Waals surface area contributed by atoms with E-state index in [1.165, 1.54) is 12.0 Å². The van der Waals surface area contributed by atoms with E-state index in [2.05, 4.69) is 5.32 Å². The first-order valence-electron chi connectivity index (χ1n) is 8.39. The van der Waals surface area contributed by atoms with E-state index in [1.54, 1.807) is 0 Å². The second-order valence-corrected chi connectivity index (χ2v) is 7.17. The molecule has 0 radical (unpaired) electrons. The van der Waals surface area contributed by atoms with Crippen LogP contribution in [0.1, 0.15) is 45.1 Å². The van der Waals surface area contributed by atoms with Crippen LogP contribution in [-0.2, 0) is 11.3 Å². The summed E-state index contributed by atoms with van der Waals surface area (Å²) in [5.41, 5.74) is 0.735. The number of hydrogen-bond acceptors (Lipinski definition) is 3. The van der Waals surface area contributed by atoms with Crippen molar-refractivity contribution in [1.82, 2.24) is 10.2 Å². The summed E-state index contributed by atoms with van der Waals surface area (Å²) >= 11 is 5.87. The first-order chi connectivity index (χ1) is 11.0. The van der Waals surface area contributed by atoms with Gasteiger partial charge in [0.2, 0.25) is 0 Å². The van der Waals surface area contributed by atoms with E-state index < -0.39 is 5.60 Å². The molecule has 0 unspecified atom stereocenters. The van der Waals surface area contributed by atoms with Crippen LogP contribution in [0.25, 0.3) is 0 Å². The molecule has 1 N–H and O–H groups in total. The standard InChI is InChI=1S/C18H27ClN2O2/c1-18(2,23-17(22)21-12-4-3-5-13-21)10-11-20-14-15-6-8-16(19)9-7-15/h6-9,20H,3-5,10-14H2,1-2H3. The fourth-order valence-electron chi connectivity index (χ4n) is 2.65. The molecule has 4 nitrogen and oxygen atoms in total. The Morgan fingerprint density at radius 1 is 1.22 bits per heavy atom. The molecule has 23 heavy (non-hydrogen) atoms. The van der Waals surface area contributed by atoms with Gasteiger partial charge in [0.1, 0.15) is 5.60 Å². The number of amides is 1. The Kier molecular flexibility index (Phi) is 6.72. The highest BCUT2D eigenvalue weighted by Crippen LogP contribution is 2.18. The van der Waals surface area contributed by atoms with Gasteiger partial charge in [-0.05, 0) is 63.8 Å². The summed E-state index contributed by atoms with van der Waals surface area (Å²) in [5, 5.41) is 4.13. The highest BCUT2D eigenvalue weighted by molar-refractivity contribution is 6.30. The number of ether oxygens (including phenoxy) is 1. The molecule has 0 saturated carbocycles. The molecule has 1 amide bonds. The number of likely N-dealkylation sites (tertiary alicyclic amines) is 1. The Balaban J connectivity index is 1.68. The van der Waals surface area contributed by atoms with Crippen LogP contribution in [0, 0.1) is 0 Å². The monoisotopic (exact) mass is 338 g/mol. The number of carbonyl (C=O) groups is 1. The lowest BCUT2D eigenvalue weighted by Crippen LogP contribution is -2.41. The van der Waals surface area contributed by atoms with Crippen molar-refractivity contribution in [2.75, 3.05) is 19.6 Å². The summed E-state index contributed by atoms with van der Waals surface area (Å²) < 4.78 is 5.67. The number of nitrogens with one attached hydrogen (secondary N) is 1. The SMILES string of the molecule is CC(C)(CCNCc1ccc(Cl)cc1)OC(=O)N1CCCCC1. The highest BCUT2D eigenvalue weighted by Gasteiger charge is 2.26. The van der Waals surface area contributed by atoms with E-state index in [4.69, 9.17) is 16.3 Å². The highest BCUT2D eigenvalue weighted by atomic mass is 35.5. The van der Waals surface area contributed by atoms with Crippen LogP contribution in [-0.4, -0.2) is 36.2 Å². The smallest absolute Gasteiger partial charge is 0.410 e. The molecule has 128 valence electrons. The lowest BCUT2D eigenvalue weighted by Gasteiger charge is -2.31. The lowest BCUT2D eigenvalue weighted by atomic mass is 10.1. The Hall–Kier alpha value is -1.26.